The number of amides is 1. The highest BCUT2D eigenvalue weighted by Crippen LogP contribution is 2.06. The number of nitrogens with one attached hydrogen (secondary N) is 1. The first kappa shape index (κ1) is 14.9. The quantitative estimate of drug-likeness (QED) is 0.665. The maximum absolute atomic E-state index is 11.7. The van der Waals surface area contributed by atoms with Crippen LogP contribution < -0.4 is 5.32 Å². The summed E-state index contributed by atoms with van der Waals surface area (Å²) in [6.07, 6.45) is 0.654. The molecule has 1 rings (SSSR count). The fourth-order valence-electron chi connectivity index (χ4n) is 1.28. The van der Waals surface area contributed by atoms with Crippen LogP contribution in [0.4, 0.5) is 0 Å². The smallest absolute Gasteiger partial charge is 0.326 e. The summed E-state index contributed by atoms with van der Waals surface area (Å²) >= 11 is 5.55. The summed E-state index contributed by atoms with van der Waals surface area (Å²) in [5, 5.41) is 19.8. The van der Waals surface area contributed by atoms with Crippen LogP contribution in [0.25, 0.3) is 0 Å². The van der Waals surface area contributed by atoms with E-state index in [0.717, 1.165) is 0 Å². The first-order chi connectivity index (χ1) is 8.90. The number of carbonyl (C=O) groups excluding carboxylic acids is 1. The van der Waals surface area contributed by atoms with Crippen molar-refractivity contribution in [1.29, 1.82) is 0 Å². The van der Waals surface area contributed by atoms with Gasteiger partial charge in [0.1, 0.15) is 11.2 Å². The molecule has 19 heavy (non-hydrogen) atoms. The minimum atomic E-state index is -1.29. The van der Waals surface area contributed by atoms with Crippen molar-refractivity contribution in [3.63, 3.8) is 0 Å². The number of rotatable bonds is 6. The van der Waals surface area contributed by atoms with Crippen molar-refractivity contribution < 1.29 is 24.6 Å². The average Bonchev–Trinajstić information content (AvgIpc) is 2.34. The molecular formula is C11H11ClN2O5. The van der Waals surface area contributed by atoms with Gasteiger partial charge >= 0.3 is 11.9 Å². The normalized spacial score (nSPS) is 11.6. The number of carboxylic acid groups (broad SMARTS) is 2. The highest BCUT2D eigenvalue weighted by Gasteiger charge is 2.21. The van der Waals surface area contributed by atoms with Crippen molar-refractivity contribution in [3.05, 3.63) is 29.0 Å². The molecule has 0 radical (unpaired) electrons. The Bertz CT molecular complexity index is 488. The van der Waals surface area contributed by atoms with E-state index in [1.54, 1.807) is 0 Å². The largest absolute Gasteiger partial charge is 0.481 e. The molecule has 8 heteroatoms. The van der Waals surface area contributed by atoms with Gasteiger partial charge in [0, 0.05) is 12.6 Å². The van der Waals surface area contributed by atoms with Gasteiger partial charge in [-0.3, -0.25) is 9.59 Å². The molecule has 0 aliphatic rings. The molecule has 0 saturated heterocycles. The number of hydrogen-bond donors (Lipinski definition) is 3. The van der Waals surface area contributed by atoms with E-state index in [9.17, 15) is 14.4 Å². The minimum absolute atomic E-state index is 0.144. The highest BCUT2D eigenvalue weighted by molar-refractivity contribution is 6.29. The van der Waals surface area contributed by atoms with Gasteiger partial charge in [-0.25, -0.2) is 9.78 Å². The third kappa shape index (κ3) is 4.92. The van der Waals surface area contributed by atoms with E-state index >= 15 is 0 Å². The van der Waals surface area contributed by atoms with E-state index in [1.807, 2.05) is 0 Å². The van der Waals surface area contributed by atoms with E-state index in [2.05, 4.69) is 10.3 Å². The molecule has 0 unspecified atom stereocenters. The molecule has 1 amide bonds. The molecule has 1 atom stereocenters. The lowest BCUT2D eigenvalue weighted by Gasteiger charge is -2.13. The fourth-order valence-corrected chi connectivity index (χ4v) is 1.39. The zero-order chi connectivity index (χ0) is 14.4. The predicted octanol–water partition coefficient (Wildman–Crippen LogP) is 0.783. The van der Waals surface area contributed by atoms with Gasteiger partial charge in [-0.1, -0.05) is 11.6 Å². The standard InChI is InChI=1S/C11H11ClN2O5/c12-8-3-1-6(5-13-8)10(17)14-7(11(18)19)2-4-9(15)16/h1,3,5,7H,2,4H2,(H,14,17)(H,15,16)(H,18,19)/t7-/m0/s1. The van der Waals surface area contributed by atoms with E-state index < -0.39 is 23.9 Å². The molecule has 0 aliphatic carbocycles. The Hall–Kier alpha value is -2.15. The van der Waals surface area contributed by atoms with Gasteiger partial charge in [0.05, 0.1) is 5.56 Å². The van der Waals surface area contributed by atoms with Crippen molar-refractivity contribution in [2.45, 2.75) is 18.9 Å². The Labute approximate surface area is 113 Å². The van der Waals surface area contributed by atoms with E-state index in [-0.39, 0.29) is 23.6 Å². The Morgan fingerprint density at radius 2 is 2.00 bits per heavy atom. The lowest BCUT2D eigenvalue weighted by Crippen LogP contribution is -2.41. The Balaban J connectivity index is 2.68. The minimum Gasteiger partial charge on any atom is -0.481 e. The first-order valence-corrected chi connectivity index (χ1v) is 5.65. The van der Waals surface area contributed by atoms with Gasteiger partial charge in [0.2, 0.25) is 0 Å². The first-order valence-electron chi connectivity index (χ1n) is 5.27. The van der Waals surface area contributed by atoms with Crippen LogP contribution >= 0.6 is 11.6 Å². The Kier molecular flexibility index (Phi) is 5.25. The molecule has 7 nitrogen and oxygen atoms in total. The maximum atomic E-state index is 11.7. The van der Waals surface area contributed by atoms with E-state index in [1.165, 1.54) is 18.3 Å². The summed E-state index contributed by atoms with van der Waals surface area (Å²) in [6, 6.07) is 1.52. The number of halogens is 1. The Morgan fingerprint density at radius 1 is 1.32 bits per heavy atom. The maximum Gasteiger partial charge on any atom is 0.326 e. The third-order valence-corrected chi connectivity index (χ3v) is 2.46. The van der Waals surface area contributed by atoms with Crippen LogP contribution in [0.15, 0.2) is 18.3 Å². The second-order valence-corrected chi connectivity index (χ2v) is 4.05. The van der Waals surface area contributed by atoms with Crippen LogP contribution in [-0.2, 0) is 9.59 Å². The molecule has 1 aromatic rings. The number of nitrogens with zero attached hydrogens (tertiary/aromatic N) is 1. The molecule has 0 aliphatic heterocycles. The molecule has 102 valence electrons. The third-order valence-electron chi connectivity index (χ3n) is 2.24. The van der Waals surface area contributed by atoms with Crippen molar-refractivity contribution in [2.24, 2.45) is 0 Å². The molecule has 0 spiro atoms. The van der Waals surface area contributed by atoms with Crippen molar-refractivity contribution in [3.8, 4) is 0 Å². The van der Waals surface area contributed by atoms with Crippen molar-refractivity contribution in [2.75, 3.05) is 0 Å². The zero-order valence-electron chi connectivity index (χ0n) is 9.67. The molecule has 0 saturated carbocycles. The second kappa shape index (κ2) is 6.69. The lowest BCUT2D eigenvalue weighted by molar-refractivity contribution is -0.140. The molecule has 1 aromatic heterocycles. The predicted molar refractivity (Wildman–Crippen MR) is 65.0 cm³/mol. The number of aliphatic carboxylic acids is 2. The van der Waals surface area contributed by atoms with Gasteiger partial charge < -0.3 is 15.5 Å². The van der Waals surface area contributed by atoms with Crippen molar-refractivity contribution in [1.82, 2.24) is 10.3 Å². The zero-order valence-corrected chi connectivity index (χ0v) is 10.4. The Morgan fingerprint density at radius 3 is 2.47 bits per heavy atom. The van der Waals surface area contributed by atoms with Crippen LogP contribution in [0.2, 0.25) is 5.15 Å². The van der Waals surface area contributed by atoms with Crippen LogP contribution in [-0.4, -0.2) is 39.1 Å². The molecule has 3 N–H and O–H groups in total. The topological polar surface area (TPSA) is 117 Å². The monoisotopic (exact) mass is 286 g/mol. The molecule has 0 fully saturated rings. The van der Waals surface area contributed by atoms with Gasteiger partial charge in [0.25, 0.3) is 5.91 Å². The average molecular weight is 287 g/mol. The van der Waals surface area contributed by atoms with Crippen LogP contribution in [0.1, 0.15) is 23.2 Å². The molecule has 0 bridgehead atoms. The lowest BCUT2D eigenvalue weighted by atomic mass is 10.1. The summed E-state index contributed by atoms with van der Waals surface area (Å²) in [7, 11) is 0. The number of carbonyl (C=O) groups is 3. The van der Waals surface area contributed by atoms with Gasteiger partial charge in [-0.2, -0.15) is 0 Å². The number of pyridine rings is 1. The SMILES string of the molecule is O=C(O)CC[C@H](NC(=O)c1ccc(Cl)nc1)C(=O)O. The summed E-state index contributed by atoms with van der Waals surface area (Å²) in [5.74, 6) is -3.08. The number of aromatic nitrogens is 1. The molecule has 1 heterocycles. The van der Waals surface area contributed by atoms with Crippen LogP contribution in [0, 0.1) is 0 Å². The van der Waals surface area contributed by atoms with Crippen LogP contribution in [0.3, 0.4) is 0 Å². The van der Waals surface area contributed by atoms with E-state index in [4.69, 9.17) is 21.8 Å². The summed E-state index contributed by atoms with van der Waals surface area (Å²) in [5.41, 5.74) is 0.144. The van der Waals surface area contributed by atoms with Gasteiger partial charge in [-0.15, -0.1) is 0 Å². The summed E-state index contributed by atoms with van der Waals surface area (Å²) in [4.78, 5) is 36.7. The van der Waals surface area contributed by atoms with Gasteiger partial charge in [0.15, 0.2) is 0 Å². The number of carboxylic acids is 2. The van der Waals surface area contributed by atoms with Crippen molar-refractivity contribution >= 4 is 29.4 Å². The van der Waals surface area contributed by atoms with Crippen LogP contribution in [0.5, 0.6) is 0 Å². The summed E-state index contributed by atoms with van der Waals surface area (Å²) < 4.78 is 0. The molecule has 0 aromatic carbocycles. The number of hydrogen-bond acceptors (Lipinski definition) is 4. The van der Waals surface area contributed by atoms with E-state index in [0.29, 0.717) is 0 Å². The molecular weight excluding hydrogens is 276 g/mol. The van der Waals surface area contributed by atoms with Gasteiger partial charge in [-0.05, 0) is 18.6 Å². The second-order valence-electron chi connectivity index (χ2n) is 3.67. The highest BCUT2D eigenvalue weighted by atomic mass is 35.5. The summed E-state index contributed by atoms with van der Waals surface area (Å²) in [6.45, 7) is 0. The fraction of sp³-hybridized carbons (Fsp3) is 0.273.